The van der Waals surface area contributed by atoms with Crippen LogP contribution in [0.25, 0.3) is 6.08 Å². The molecule has 15 heavy (non-hydrogen) atoms. The van der Waals surface area contributed by atoms with Crippen molar-refractivity contribution in [3.05, 3.63) is 41.5 Å². The number of rotatable bonds is 3. The molecule has 0 fully saturated rings. The highest BCUT2D eigenvalue weighted by Gasteiger charge is 1.97. The van der Waals surface area contributed by atoms with Crippen LogP contribution in [-0.4, -0.2) is 18.9 Å². The molecule has 0 heterocycles. The van der Waals surface area contributed by atoms with Crippen LogP contribution in [0.1, 0.15) is 22.8 Å². The van der Waals surface area contributed by atoms with Gasteiger partial charge in [0, 0.05) is 11.6 Å². The third-order valence-corrected chi connectivity index (χ3v) is 1.93. The number of carbonyl (C=O) groups is 2. The monoisotopic (exact) mass is 204 g/mol. The van der Waals surface area contributed by atoms with Gasteiger partial charge in [-0.3, -0.25) is 4.79 Å². The van der Waals surface area contributed by atoms with Gasteiger partial charge in [0.05, 0.1) is 7.11 Å². The molecule has 0 radical (unpaired) electrons. The maximum atomic E-state index is 11.0. The van der Waals surface area contributed by atoms with Crippen molar-refractivity contribution in [3.8, 4) is 0 Å². The fourth-order valence-electron chi connectivity index (χ4n) is 1.06. The Kier molecular flexibility index (Phi) is 3.80. The largest absolute Gasteiger partial charge is 0.466 e. The van der Waals surface area contributed by atoms with Gasteiger partial charge in [0.1, 0.15) is 0 Å². The molecule has 1 aromatic rings. The minimum atomic E-state index is -0.398. The minimum Gasteiger partial charge on any atom is -0.466 e. The van der Waals surface area contributed by atoms with E-state index in [9.17, 15) is 9.59 Å². The normalized spacial score (nSPS) is 10.3. The summed E-state index contributed by atoms with van der Waals surface area (Å²) in [4.78, 5) is 21.8. The first kappa shape index (κ1) is 11.2. The van der Waals surface area contributed by atoms with E-state index in [4.69, 9.17) is 0 Å². The number of ether oxygens (including phenoxy) is 1. The number of methoxy groups -OCH3 is 1. The quantitative estimate of drug-likeness (QED) is 0.430. The summed E-state index contributed by atoms with van der Waals surface area (Å²) in [7, 11) is 1.32. The fraction of sp³-hybridized carbons (Fsp3) is 0.167. The summed E-state index contributed by atoms with van der Waals surface area (Å²) in [6.07, 6.45) is 2.97. The number of ketones is 1. The number of benzene rings is 1. The van der Waals surface area contributed by atoms with Crippen LogP contribution in [0.5, 0.6) is 0 Å². The van der Waals surface area contributed by atoms with Crippen molar-refractivity contribution >= 4 is 17.8 Å². The maximum Gasteiger partial charge on any atom is 0.330 e. The van der Waals surface area contributed by atoms with Gasteiger partial charge in [-0.15, -0.1) is 0 Å². The van der Waals surface area contributed by atoms with Crippen LogP contribution in [0, 0.1) is 0 Å². The Morgan fingerprint density at radius 2 is 1.80 bits per heavy atom. The zero-order chi connectivity index (χ0) is 11.3. The molecule has 0 aliphatic carbocycles. The summed E-state index contributed by atoms with van der Waals surface area (Å²) in [5.74, 6) is -0.371. The van der Waals surface area contributed by atoms with Crippen LogP contribution in [0.2, 0.25) is 0 Å². The molecule has 0 bridgehead atoms. The molecule has 0 aromatic heterocycles. The van der Waals surface area contributed by atoms with Crippen LogP contribution >= 0.6 is 0 Å². The van der Waals surface area contributed by atoms with Gasteiger partial charge in [0.15, 0.2) is 5.78 Å². The molecule has 1 rings (SSSR count). The Balaban J connectivity index is 2.77. The van der Waals surface area contributed by atoms with Crippen molar-refractivity contribution in [2.75, 3.05) is 7.11 Å². The van der Waals surface area contributed by atoms with Crippen LogP contribution in [0.4, 0.5) is 0 Å². The Bertz CT molecular complexity index is 388. The number of carbonyl (C=O) groups excluding carboxylic acids is 2. The van der Waals surface area contributed by atoms with Gasteiger partial charge >= 0.3 is 5.97 Å². The lowest BCUT2D eigenvalue weighted by molar-refractivity contribution is -0.134. The second kappa shape index (κ2) is 5.10. The van der Waals surface area contributed by atoms with Crippen LogP contribution < -0.4 is 0 Å². The van der Waals surface area contributed by atoms with Crippen molar-refractivity contribution in [1.29, 1.82) is 0 Å². The molecule has 0 unspecified atom stereocenters. The molecule has 1 aromatic carbocycles. The van der Waals surface area contributed by atoms with Crippen LogP contribution in [0.3, 0.4) is 0 Å². The first-order valence-electron chi connectivity index (χ1n) is 4.50. The number of Topliss-reactive ketones (excluding diaryl/α,β-unsaturated/α-hetero) is 1. The van der Waals surface area contributed by atoms with Crippen molar-refractivity contribution in [2.24, 2.45) is 0 Å². The average Bonchev–Trinajstić information content (AvgIpc) is 2.26. The molecule has 0 aliphatic heterocycles. The second-order valence-electron chi connectivity index (χ2n) is 3.03. The molecule has 0 spiro atoms. The summed E-state index contributed by atoms with van der Waals surface area (Å²) in [6.45, 7) is 1.51. The van der Waals surface area contributed by atoms with Crippen molar-refractivity contribution in [2.45, 2.75) is 6.92 Å². The molecule has 3 heteroatoms. The zero-order valence-corrected chi connectivity index (χ0v) is 8.69. The summed E-state index contributed by atoms with van der Waals surface area (Å²) < 4.78 is 4.45. The molecule has 0 saturated heterocycles. The van der Waals surface area contributed by atoms with Gasteiger partial charge in [0.25, 0.3) is 0 Å². The number of esters is 1. The summed E-state index contributed by atoms with van der Waals surface area (Å²) >= 11 is 0. The lowest BCUT2D eigenvalue weighted by atomic mass is 10.1. The highest BCUT2D eigenvalue weighted by molar-refractivity contribution is 5.94. The topological polar surface area (TPSA) is 43.4 Å². The molecular weight excluding hydrogens is 192 g/mol. The van der Waals surface area contributed by atoms with Crippen LogP contribution in [0.15, 0.2) is 30.3 Å². The van der Waals surface area contributed by atoms with E-state index in [1.165, 1.54) is 20.1 Å². The fourth-order valence-corrected chi connectivity index (χ4v) is 1.06. The number of hydrogen-bond acceptors (Lipinski definition) is 3. The molecule has 0 N–H and O–H groups in total. The van der Waals surface area contributed by atoms with Gasteiger partial charge < -0.3 is 4.74 Å². The lowest BCUT2D eigenvalue weighted by Crippen LogP contribution is -1.93. The Morgan fingerprint density at radius 3 is 2.27 bits per heavy atom. The van der Waals surface area contributed by atoms with E-state index in [1.807, 2.05) is 0 Å². The molecule has 0 saturated carbocycles. The van der Waals surface area contributed by atoms with Crippen molar-refractivity contribution < 1.29 is 14.3 Å². The summed E-state index contributed by atoms with van der Waals surface area (Å²) in [5, 5.41) is 0. The molecular formula is C12H12O3. The maximum absolute atomic E-state index is 11.0. The van der Waals surface area contributed by atoms with Crippen molar-refractivity contribution in [1.82, 2.24) is 0 Å². The lowest BCUT2D eigenvalue weighted by Gasteiger charge is -1.96. The third-order valence-electron chi connectivity index (χ3n) is 1.93. The van der Waals surface area contributed by atoms with E-state index < -0.39 is 5.97 Å². The highest BCUT2D eigenvalue weighted by atomic mass is 16.5. The Hall–Kier alpha value is -1.90. The predicted octanol–water partition coefficient (Wildman–Crippen LogP) is 2.08. The summed E-state index contributed by atoms with van der Waals surface area (Å²) in [5.41, 5.74) is 1.51. The number of hydrogen-bond donors (Lipinski definition) is 0. The van der Waals surface area contributed by atoms with E-state index in [0.29, 0.717) is 5.56 Å². The van der Waals surface area contributed by atoms with E-state index in [-0.39, 0.29) is 5.78 Å². The van der Waals surface area contributed by atoms with E-state index in [0.717, 1.165) is 5.56 Å². The van der Waals surface area contributed by atoms with Gasteiger partial charge in [-0.25, -0.2) is 4.79 Å². The average molecular weight is 204 g/mol. The Labute approximate surface area is 88.4 Å². The Morgan fingerprint density at radius 1 is 1.20 bits per heavy atom. The van der Waals surface area contributed by atoms with Gasteiger partial charge in [-0.05, 0) is 18.6 Å². The molecule has 0 aliphatic rings. The second-order valence-corrected chi connectivity index (χ2v) is 3.03. The van der Waals surface area contributed by atoms with Crippen molar-refractivity contribution in [3.63, 3.8) is 0 Å². The molecule has 3 nitrogen and oxygen atoms in total. The third kappa shape index (κ3) is 3.38. The zero-order valence-electron chi connectivity index (χ0n) is 8.69. The first-order valence-corrected chi connectivity index (χ1v) is 4.50. The minimum absolute atomic E-state index is 0.0264. The van der Waals surface area contributed by atoms with Gasteiger partial charge in [-0.1, -0.05) is 24.3 Å². The first-order chi connectivity index (χ1) is 7.13. The SMILES string of the molecule is COC(=O)/C=C/c1ccc(C(C)=O)cc1. The highest BCUT2D eigenvalue weighted by Crippen LogP contribution is 2.06. The van der Waals surface area contributed by atoms with Crippen LogP contribution in [-0.2, 0) is 9.53 Å². The van der Waals surface area contributed by atoms with Gasteiger partial charge in [-0.2, -0.15) is 0 Å². The molecule has 0 amide bonds. The van der Waals surface area contributed by atoms with E-state index in [1.54, 1.807) is 30.3 Å². The molecule has 78 valence electrons. The smallest absolute Gasteiger partial charge is 0.330 e. The van der Waals surface area contributed by atoms with E-state index in [2.05, 4.69) is 4.74 Å². The predicted molar refractivity (Wildman–Crippen MR) is 57.5 cm³/mol. The van der Waals surface area contributed by atoms with Gasteiger partial charge in [0.2, 0.25) is 0 Å². The summed E-state index contributed by atoms with van der Waals surface area (Å²) in [6, 6.07) is 6.99. The van der Waals surface area contributed by atoms with E-state index >= 15 is 0 Å². The molecule has 0 atom stereocenters. The standard InChI is InChI=1S/C12H12O3/c1-9(13)11-6-3-10(4-7-11)5-8-12(14)15-2/h3-8H,1-2H3/b8-5+.